The van der Waals surface area contributed by atoms with Crippen LogP contribution in [0.2, 0.25) is 0 Å². The first-order chi connectivity index (χ1) is 8.84. The molecule has 2 rings (SSSR count). The van der Waals surface area contributed by atoms with Gasteiger partial charge in [0.05, 0.1) is 0 Å². The van der Waals surface area contributed by atoms with Crippen molar-refractivity contribution in [3.05, 3.63) is 66.2 Å². The Morgan fingerprint density at radius 1 is 0.889 bits per heavy atom. The van der Waals surface area contributed by atoms with Crippen LogP contribution in [-0.4, -0.2) is 6.54 Å². The predicted molar refractivity (Wildman–Crippen MR) is 78.9 cm³/mol. The maximum absolute atomic E-state index is 3.48. The molecule has 0 aromatic heterocycles. The number of anilines is 1. The van der Waals surface area contributed by atoms with Gasteiger partial charge in [0.25, 0.3) is 0 Å². The van der Waals surface area contributed by atoms with Crippen LogP contribution >= 0.6 is 0 Å². The quantitative estimate of drug-likeness (QED) is 0.789. The molecule has 1 heteroatoms. The Balaban J connectivity index is 1.71. The molecular formula is C17H21N. The molecule has 94 valence electrons. The van der Waals surface area contributed by atoms with Gasteiger partial charge in [-0.15, -0.1) is 0 Å². The maximum atomic E-state index is 3.48. The van der Waals surface area contributed by atoms with E-state index in [2.05, 4.69) is 66.8 Å². The molecule has 0 amide bonds. The van der Waals surface area contributed by atoms with Gasteiger partial charge in [-0.2, -0.15) is 0 Å². The fraction of sp³-hybridized carbons (Fsp3) is 0.294. The smallest absolute Gasteiger partial charge is 0.0340 e. The fourth-order valence-electron chi connectivity index (χ4n) is 2.01. The number of benzene rings is 2. The lowest BCUT2D eigenvalue weighted by molar-refractivity contribution is 0.560. The van der Waals surface area contributed by atoms with E-state index in [1.807, 2.05) is 6.07 Å². The van der Waals surface area contributed by atoms with Crippen LogP contribution in [0.4, 0.5) is 5.69 Å². The molecule has 0 heterocycles. The number of nitrogens with one attached hydrogen (secondary N) is 1. The molecule has 0 saturated carbocycles. The largest absolute Gasteiger partial charge is 0.385 e. The molecule has 0 aliphatic rings. The molecule has 0 aliphatic carbocycles. The number of hydrogen-bond donors (Lipinski definition) is 1. The van der Waals surface area contributed by atoms with Gasteiger partial charge >= 0.3 is 0 Å². The Kier molecular flexibility index (Phi) is 4.83. The van der Waals surface area contributed by atoms with Crippen LogP contribution in [0.5, 0.6) is 0 Å². The summed E-state index contributed by atoms with van der Waals surface area (Å²) in [5, 5.41) is 3.48. The van der Waals surface area contributed by atoms with Crippen molar-refractivity contribution in [2.75, 3.05) is 11.9 Å². The Hall–Kier alpha value is -1.76. The van der Waals surface area contributed by atoms with E-state index < -0.39 is 0 Å². The van der Waals surface area contributed by atoms with Crippen molar-refractivity contribution >= 4 is 5.69 Å². The third-order valence-electron chi connectivity index (χ3n) is 3.20. The highest BCUT2D eigenvalue weighted by atomic mass is 14.9. The molecular weight excluding hydrogens is 218 g/mol. The van der Waals surface area contributed by atoms with Gasteiger partial charge in [-0.3, -0.25) is 0 Å². The van der Waals surface area contributed by atoms with Crippen LogP contribution in [0, 0.1) is 5.92 Å². The van der Waals surface area contributed by atoms with Gasteiger partial charge in [-0.05, 0) is 36.5 Å². The lowest BCUT2D eigenvalue weighted by atomic mass is 10.0. The van der Waals surface area contributed by atoms with Crippen molar-refractivity contribution < 1.29 is 0 Å². The zero-order chi connectivity index (χ0) is 12.6. The lowest BCUT2D eigenvalue weighted by Crippen LogP contribution is -2.11. The number of para-hydroxylation sites is 1. The van der Waals surface area contributed by atoms with Gasteiger partial charge in [0.1, 0.15) is 0 Å². The molecule has 1 N–H and O–H groups in total. The van der Waals surface area contributed by atoms with Crippen LogP contribution < -0.4 is 5.32 Å². The molecule has 0 aliphatic heterocycles. The minimum atomic E-state index is 0.686. The zero-order valence-corrected chi connectivity index (χ0v) is 11.0. The standard InChI is InChI=1S/C17H21N/c1-15(12-13-16-8-4-2-5-9-16)14-18-17-10-6-3-7-11-17/h2-11,15,18H,12-14H2,1H3. The van der Waals surface area contributed by atoms with Gasteiger partial charge in [0.2, 0.25) is 0 Å². The summed E-state index contributed by atoms with van der Waals surface area (Å²) in [5.74, 6) is 0.686. The van der Waals surface area contributed by atoms with Crippen molar-refractivity contribution in [1.29, 1.82) is 0 Å². The number of hydrogen-bond acceptors (Lipinski definition) is 1. The normalized spacial score (nSPS) is 12.1. The minimum Gasteiger partial charge on any atom is -0.385 e. The third kappa shape index (κ3) is 4.25. The third-order valence-corrected chi connectivity index (χ3v) is 3.20. The van der Waals surface area contributed by atoms with E-state index in [0.29, 0.717) is 5.92 Å². The van der Waals surface area contributed by atoms with Crippen LogP contribution in [0.3, 0.4) is 0 Å². The van der Waals surface area contributed by atoms with Crippen molar-refractivity contribution in [3.63, 3.8) is 0 Å². The molecule has 1 unspecified atom stereocenters. The Morgan fingerprint density at radius 2 is 1.50 bits per heavy atom. The first-order valence-corrected chi connectivity index (χ1v) is 6.67. The van der Waals surface area contributed by atoms with Crippen molar-refractivity contribution in [1.82, 2.24) is 0 Å². The molecule has 1 atom stereocenters. The molecule has 0 spiro atoms. The first kappa shape index (κ1) is 12.7. The van der Waals surface area contributed by atoms with Gasteiger partial charge in [0.15, 0.2) is 0 Å². The van der Waals surface area contributed by atoms with E-state index in [-0.39, 0.29) is 0 Å². The van der Waals surface area contributed by atoms with Crippen molar-refractivity contribution in [2.24, 2.45) is 5.92 Å². The number of rotatable bonds is 6. The van der Waals surface area contributed by atoms with Crippen LogP contribution in [0.1, 0.15) is 18.9 Å². The Morgan fingerprint density at radius 3 is 2.17 bits per heavy atom. The summed E-state index contributed by atoms with van der Waals surface area (Å²) in [7, 11) is 0. The molecule has 0 radical (unpaired) electrons. The molecule has 0 bridgehead atoms. The molecule has 0 fully saturated rings. The van der Waals surface area contributed by atoms with E-state index in [4.69, 9.17) is 0 Å². The monoisotopic (exact) mass is 239 g/mol. The fourth-order valence-corrected chi connectivity index (χ4v) is 2.01. The summed E-state index contributed by atoms with van der Waals surface area (Å²) < 4.78 is 0. The van der Waals surface area contributed by atoms with Crippen LogP contribution in [-0.2, 0) is 6.42 Å². The van der Waals surface area contributed by atoms with E-state index in [1.165, 1.54) is 24.1 Å². The summed E-state index contributed by atoms with van der Waals surface area (Å²) in [4.78, 5) is 0. The average Bonchev–Trinajstić information content (AvgIpc) is 2.45. The van der Waals surface area contributed by atoms with E-state index in [0.717, 1.165) is 6.54 Å². The summed E-state index contributed by atoms with van der Waals surface area (Å²) in [6.45, 7) is 3.34. The second-order valence-corrected chi connectivity index (χ2v) is 4.88. The van der Waals surface area contributed by atoms with Gasteiger partial charge < -0.3 is 5.32 Å². The SMILES string of the molecule is CC(CCc1ccccc1)CNc1ccccc1. The summed E-state index contributed by atoms with van der Waals surface area (Å²) in [6.07, 6.45) is 2.39. The molecule has 1 nitrogen and oxygen atoms in total. The average molecular weight is 239 g/mol. The lowest BCUT2D eigenvalue weighted by Gasteiger charge is -2.13. The Bertz CT molecular complexity index is 392. The molecule has 18 heavy (non-hydrogen) atoms. The number of aryl methyl sites for hydroxylation is 1. The molecule has 2 aromatic carbocycles. The molecule has 0 saturated heterocycles. The minimum absolute atomic E-state index is 0.686. The van der Waals surface area contributed by atoms with E-state index in [9.17, 15) is 0 Å². The van der Waals surface area contributed by atoms with Gasteiger partial charge in [-0.25, -0.2) is 0 Å². The second-order valence-electron chi connectivity index (χ2n) is 4.88. The first-order valence-electron chi connectivity index (χ1n) is 6.67. The van der Waals surface area contributed by atoms with Crippen LogP contribution in [0.25, 0.3) is 0 Å². The summed E-state index contributed by atoms with van der Waals surface area (Å²) in [5.41, 5.74) is 2.65. The summed E-state index contributed by atoms with van der Waals surface area (Å²) in [6, 6.07) is 21.1. The van der Waals surface area contributed by atoms with Crippen LogP contribution in [0.15, 0.2) is 60.7 Å². The predicted octanol–water partition coefficient (Wildman–Crippen LogP) is 4.37. The van der Waals surface area contributed by atoms with Crippen molar-refractivity contribution in [2.45, 2.75) is 19.8 Å². The highest BCUT2D eigenvalue weighted by Crippen LogP contribution is 2.11. The van der Waals surface area contributed by atoms with E-state index >= 15 is 0 Å². The maximum Gasteiger partial charge on any atom is 0.0340 e. The van der Waals surface area contributed by atoms with Gasteiger partial charge in [-0.1, -0.05) is 55.5 Å². The van der Waals surface area contributed by atoms with Gasteiger partial charge in [0, 0.05) is 12.2 Å². The summed E-state index contributed by atoms with van der Waals surface area (Å²) >= 11 is 0. The van der Waals surface area contributed by atoms with E-state index in [1.54, 1.807) is 0 Å². The van der Waals surface area contributed by atoms with Crippen molar-refractivity contribution in [3.8, 4) is 0 Å². The second kappa shape index (κ2) is 6.85. The highest BCUT2D eigenvalue weighted by Gasteiger charge is 2.02. The zero-order valence-electron chi connectivity index (χ0n) is 11.0. The molecule has 2 aromatic rings. The Labute approximate surface area is 110 Å². The highest BCUT2D eigenvalue weighted by molar-refractivity contribution is 5.42. The topological polar surface area (TPSA) is 12.0 Å².